The summed E-state index contributed by atoms with van der Waals surface area (Å²) in [6, 6.07) is 22.2. The first kappa shape index (κ1) is 18.1. The molecule has 3 aromatic carbocycles. The fourth-order valence-electron chi connectivity index (χ4n) is 5.36. The maximum atomic E-state index is 6.01. The van der Waals surface area contributed by atoms with Gasteiger partial charge in [0.15, 0.2) is 0 Å². The summed E-state index contributed by atoms with van der Waals surface area (Å²) in [4.78, 5) is 4.37. The van der Waals surface area contributed by atoms with Crippen LogP contribution in [-0.2, 0) is 12.8 Å². The quantitative estimate of drug-likeness (QED) is 0.401. The van der Waals surface area contributed by atoms with Crippen molar-refractivity contribution in [1.82, 2.24) is 14.8 Å². The summed E-state index contributed by atoms with van der Waals surface area (Å²) >= 11 is 0. The highest BCUT2D eigenvalue weighted by molar-refractivity contribution is 6.08. The van der Waals surface area contributed by atoms with Gasteiger partial charge in [0.05, 0.1) is 17.9 Å². The number of nitrogen functional groups attached to an aromatic ring is 1. The van der Waals surface area contributed by atoms with Crippen LogP contribution in [0.5, 0.6) is 0 Å². The number of hydrogen-bond acceptors (Lipinski definition) is 3. The number of hydrogen-bond donors (Lipinski definition) is 1. The van der Waals surface area contributed by atoms with Gasteiger partial charge in [0.2, 0.25) is 0 Å². The Hall–Kier alpha value is -3.66. The maximum absolute atomic E-state index is 6.01. The molecule has 2 aromatic heterocycles. The first-order chi connectivity index (χ1) is 15.3. The van der Waals surface area contributed by atoms with Crippen LogP contribution in [-0.4, -0.2) is 14.8 Å². The molecular weight excluding hydrogens is 380 g/mol. The van der Waals surface area contributed by atoms with E-state index < -0.39 is 0 Å². The van der Waals surface area contributed by atoms with Crippen LogP contribution in [0.15, 0.2) is 85.5 Å². The molecule has 2 unspecified atom stereocenters. The van der Waals surface area contributed by atoms with Gasteiger partial charge in [-0.2, -0.15) is 5.10 Å². The Morgan fingerprint density at radius 3 is 2.65 bits per heavy atom. The number of anilines is 1. The number of rotatable bonds is 3. The highest BCUT2D eigenvalue weighted by Gasteiger charge is 2.30. The SMILES string of the molecule is Nc1cnn(C(c2cccnc2)C2CCc3c(ccc4c3ccc3ccccc34)C2)c1. The van der Waals surface area contributed by atoms with Crippen LogP contribution in [0.4, 0.5) is 5.69 Å². The summed E-state index contributed by atoms with van der Waals surface area (Å²) in [5.74, 6) is 0.439. The monoisotopic (exact) mass is 404 g/mol. The van der Waals surface area contributed by atoms with E-state index in [9.17, 15) is 0 Å². The van der Waals surface area contributed by atoms with Gasteiger partial charge in [0, 0.05) is 18.6 Å². The largest absolute Gasteiger partial charge is 0.396 e. The standard InChI is InChI=1S/C27H24N4/c28-22-16-30-31(17-22)27(21-5-3-13-29-15-21)20-9-10-24-19(14-20)8-12-25-23-6-2-1-4-18(23)7-11-26(24)25/h1-8,11-13,15-17,20,27H,9-10,14,28H2. The molecule has 6 rings (SSSR count). The van der Waals surface area contributed by atoms with Crippen molar-refractivity contribution in [1.29, 1.82) is 0 Å². The van der Waals surface area contributed by atoms with Crippen molar-refractivity contribution < 1.29 is 0 Å². The van der Waals surface area contributed by atoms with E-state index in [2.05, 4.69) is 64.7 Å². The van der Waals surface area contributed by atoms with Crippen LogP contribution < -0.4 is 5.73 Å². The molecule has 0 amide bonds. The van der Waals surface area contributed by atoms with Crippen LogP contribution in [0.25, 0.3) is 21.5 Å². The second kappa shape index (κ2) is 7.24. The number of aromatic nitrogens is 3. The Kier molecular flexibility index (Phi) is 4.23. The van der Waals surface area contributed by atoms with E-state index >= 15 is 0 Å². The third-order valence-corrected chi connectivity index (χ3v) is 6.76. The fourth-order valence-corrected chi connectivity index (χ4v) is 5.36. The molecular formula is C27H24N4. The van der Waals surface area contributed by atoms with E-state index in [4.69, 9.17) is 5.73 Å². The lowest BCUT2D eigenvalue weighted by Gasteiger charge is -2.32. The number of pyridine rings is 1. The lowest BCUT2D eigenvalue weighted by atomic mass is 9.76. The van der Waals surface area contributed by atoms with Gasteiger partial charge < -0.3 is 5.73 Å². The first-order valence-corrected chi connectivity index (χ1v) is 10.9. The molecule has 0 bridgehead atoms. The molecule has 1 aliphatic carbocycles. The van der Waals surface area contributed by atoms with Crippen LogP contribution in [0.1, 0.15) is 29.2 Å². The molecule has 152 valence electrons. The van der Waals surface area contributed by atoms with E-state index in [1.807, 2.05) is 29.3 Å². The van der Waals surface area contributed by atoms with Gasteiger partial charge in [-0.25, -0.2) is 0 Å². The van der Waals surface area contributed by atoms with Crippen molar-refractivity contribution in [3.05, 3.63) is 102 Å². The first-order valence-electron chi connectivity index (χ1n) is 10.9. The molecule has 31 heavy (non-hydrogen) atoms. The molecule has 2 atom stereocenters. The number of nitrogens with zero attached hydrogens (tertiary/aromatic N) is 3. The summed E-state index contributed by atoms with van der Waals surface area (Å²) < 4.78 is 2.02. The van der Waals surface area contributed by atoms with Gasteiger partial charge in [-0.05, 0) is 69.5 Å². The molecule has 4 heteroatoms. The lowest BCUT2D eigenvalue weighted by molar-refractivity contribution is 0.318. The average molecular weight is 405 g/mol. The van der Waals surface area contributed by atoms with Gasteiger partial charge in [-0.1, -0.05) is 54.6 Å². The topological polar surface area (TPSA) is 56.7 Å². The normalized spacial score (nSPS) is 17.0. The molecule has 5 aromatic rings. The molecule has 2 heterocycles. The molecule has 0 fully saturated rings. The van der Waals surface area contributed by atoms with Gasteiger partial charge >= 0.3 is 0 Å². The van der Waals surface area contributed by atoms with E-state index in [-0.39, 0.29) is 6.04 Å². The van der Waals surface area contributed by atoms with Crippen molar-refractivity contribution in [2.24, 2.45) is 5.92 Å². The van der Waals surface area contributed by atoms with E-state index in [1.54, 1.807) is 6.20 Å². The highest BCUT2D eigenvalue weighted by atomic mass is 15.3. The molecule has 2 N–H and O–H groups in total. The van der Waals surface area contributed by atoms with E-state index in [1.165, 1.54) is 38.2 Å². The molecule has 1 aliphatic rings. The lowest BCUT2D eigenvalue weighted by Crippen LogP contribution is -2.27. The molecule has 0 spiro atoms. The zero-order chi connectivity index (χ0) is 20.8. The summed E-state index contributed by atoms with van der Waals surface area (Å²) in [7, 11) is 0. The minimum Gasteiger partial charge on any atom is -0.396 e. The van der Waals surface area contributed by atoms with Crippen molar-refractivity contribution in [3.8, 4) is 0 Å². The highest BCUT2D eigenvalue weighted by Crippen LogP contribution is 2.40. The third kappa shape index (κ3) is 3.07. The van der Waals surface area contributed by atoms with Crippen molar-refractivity contribution >= 4 is 27.2 Å². The average Bonchev–Trinajstić information content (AvgIpc) is 3.25. The smallest absolute Gasteiger partial charge is 0.0815 e. The summed E-state index contributed by atoms with van der Waals surface area (Å²) in [6.45, 7) is 0. The van der Waals surface area contributed by atoms with Gasteiger partial charge in [-0.15, -0.1) is 0 Å². The predicted molar refractivity (Wildman–Crippen MR) is 126 cm³/mol. The zero-order valence-corrected chi connectivity index (χ0v) is 17.3. The molecule has 4 nitrogen and oxygen atoms in total. The Balaban J connectivity index is 1.43. The van der Waals surface area contributed by atoms with Gasteiger partial charge in [-0.3, -0.25) is 9.67 Å². The predicted octanol–water partition coefficient (Wildman–Crippen LogP) is 5.56. The van der Waals surface area contributed by atoms with E-state index in [0.29, 0.717) is 11.6 Å². The summed E-state index contributed by atoms with van der Waals surface area (Å²) in [5.41, 5.74) is 10.8. The Morgan fingerprint density at radius 2 is 1.81 bits per heavy atom. The van der Waals surface area contributed by atoms with Crippen molar-refractivity contribution in [2.45, 2.75) is 25.3 Å². The summed E-state index contributed by atoms with van der Waals surface area (Å²) in [5, 5.41) is 9.97. The number of fused-ring (bicyclic) bond motifs is 5. The minimum atomic E-state index is 0.131. The third-order valence-electron chi connectivity index (χ3n) is 6.76. The van der Waals surface area contributed by atoms with Crippen LogP contribution in [0, 0.1) is 5.92 Å². The molecule has 0 aliphatic heterocycles. The minimum absolute atomic E-state index is 0.131. The van der Waals surface area contributed by atoms with Crippen LogP contribution in [0.2, 0.25) is 0 Å². The van der Waals surface area contributed by atoms with Crippen LogP contribution >= 0.6 is 0 Å². The maximum Gasteiger partial charge on any atom is 0.0815 e. The molecule has 0 saturated carbocycles. The number of nitrogens with two attached hydrogens (primary N) is 1. The van der Waals surface area contributed by atoms with Crippen LogP contribution in [0.3, 0.4) is 0 Å². The molecule has 0 saturated heterocycles. The number of aryl methyl sites for hydroxylation is 1. The van der Waals surface area contributed by atoms with E-state index in [0.717, 1.165) is 19.3 Å². The summed E-state index contributed by atoms with van der Waals surface area (Å²) in [6.07, 6.45) is 10.7. The Labute approximate surface area is 181 Å². The zero-order valence-electron chi connectivity index (χ0n) is 17.3. The second-order valence-corrected chi connectivity index (χ2v) is 8.57. The van der Waals surface area contributed by atoms with Gasteiger partial charge in [0.25, 0.3) is 0 Å². The number of benzene rings is 3. The van der Waals surface area contributed by atoms with Crippen molar-refractivity contribution in [3.63, 3.8) is 0 Å². The molecule has 0 radical (unpaired) electrons. The Morgan fingerprint density at radius 1 is 0.903 bits per heavy atom. The Bertz CT molecular complexity index is 1390. The fraction of sp³-hybridized carbons (Fsp3) is 0.185. The van der Waals surface area contributed by atoms with Crippen molar-refractivity contribution in [2.75, 3.05) is 5.73 Å². The van der Waals surface area contributed by atoms with Gasteiger partial charge in [0.1, 0.15) is 0 Å². The second-order valence-electron chi connectivity index (χ2n) is 8.57.